The Bertz CT molecular complexity index is 1240. The topological polar surface area (TPSA) is 74.9 Å². The lowest BCUT2D eigenvalue weighted by Crippen LogP contribution is -2.42. The zero-order valence-corrected chi connectivity index (χ0v) is 19.2. The van der Waals surface area contributed by atoms with E-state index in [2.05, 4.69) is 27.7 Å². The molecule has 2 aromatic heterocycles. The highest BCUT2D eigenvalue weighted by atomic mass is 32.1. The third-order valence-electron chi connectivity index (χ3n) is 6.27. The van der Waals surface area contributed by atoms with Gasteiger partial charge in [0, 0.05) is 35.6 Å². The first-order chi connectivity index (χ1) is 16.0. The Labute approximate surface area is 196 Å². The van der Waals surface area contributed by atoms with E-state index in [-0.39, 0.29) is 11.7 Å². The fraction of sp³-hybridized carbons (Fsp3) is 0.269. The van der Waals surface area contributed by atoms with Crippen molar-refractivity contribution < 1.29 is 19.1 Å². The zero-order chi connectivity index (χ0) is 22.8. The van der Waals surface area contributed by atoms with Crippen LogP contribution >= 0.6 is 11.3 Å². The summed E-state index contributed by atoms with van der Waals surface area (Å²) in [6.07, 6.45) is 1.35. The van der Waals surface area contributed by atoms with Crippen LogP contribution in [0.5, 0.6) is 5.75 Å². The Balaban J connectivity index is 1.28. The van der Waals surface area contributed by atoms with E-state index >= 15 is 0 Å². The maximum absolute atomic E-state index is 12.7. The third kappa shape index (κ3) is 4.66. The molecule has 0 saturated carbocycles. The van der Waals surface area contributed by atoms with Gasteiger partial charge in [0.1, 0.15) is 11.3 Å². The minimum Gasteiger partial charge on any atom is -0.497 e. The lowest BCUT2D eigenvalue weighted by molar-refractivity contribution is -0.0274. The van der Waals surface area contributed by atoms with Crippen molar-refractivity contribution in [3.05, 3.63) is 82.2 Å². The molecule has 0 bridgehead atoms. The van der Waals surface area contributed by atoms with Crippen molar-refractivity contribution in [1.82, 2.24) is 4.90 Å². The minimum absolute atomic E-state index is 0.232. The van der Waals surface area contributed by atoms with Gasteiger partial charge in [-0.25, -0.2) is 0 Å². The highest BCUT2D eigenvalue weighted by Gasteiger charge is 2.34. The molecule has 33 heavy (non-hydrogen) atoms. The van der Waals surface area contributed by atoms with Crippen LogP contribution in [0.25, 0.3) is 11.0 Å². The molecule has 2 N–H and O–H groups in total. The number of furan rings is 1. The molecule has 1 fully saturated rings. The Kier molecular flexibility index (Phi) is 5.93. The van der Waals surface area contributed by atoms with Gasteiger partial charge in [-0.15, -0.1) is 11.3 Å². The van der Waals surface area contributed by atoms with Gasteiger partial charge < -0.3 is 19.6 Å². The molecule has 1 saturated heterocycles. The molecule has 1 amide bonds. The lowest BCUT2D eigenvalue weighted by Gasteiger charge is -2.38. The first-order valence-electron chi connectivity index (χ1n) is 11.0. The fourth-order valence-electron chi connectivity index (χ4n) is 4.30. The van der Waals surface area contributed by atoms with E-state index in [0.29, 0.717) is 24.1 Å². The van der Waals surface area contributed by atoms with Crippen LogP contribution in [0.3, 0.4) is 0 Å². The standard InChI is InChI=1S/C26H26N2O4S/c1-31-21-7-5-20(6-8-21)27-25(29)24-16-18-15-19(4-9-23(18)32-24)26(30)10-12-28(13-11-26)17-22-3-2-14-33-22/h2-9,14-16,30H,10-13,17H2,1H3,(H,27,29). The van der Waals surface area contributed by atoms with Crippen molar-refractivity contribution in [3.8, 4) is 5.75 Å². The van der Waals surface area contributed by atoms with Gasteiger partial charge in [-0.05, 0) is 72.3 Å². The van der Waals surface area contributed by atoms with Crippen LogP contribution in [0.1, 0.15) is 33.8 Å². The number of fused-ring (bicyclic) bond motifs is 1. The van der Waals surface area contributed by atoms with Crippen LogP contribution in [0.15, 0.2) is 70.5 Å². The smallest absolute Gasteiger partial charge is 0.291 e. The van der Waals surface area contributed by atoms with Crippen LogP contribution in [-0.4, -0.2) is 36.1 Å². The molecule has 0 spiro atoms. The number of hydrogen-bond donors (Lipinski definition) is 2. The van der Waals surface area contributed by atoms with Gasteiger partial charge in [0.15, 0.2) is 5.76 Å². The highest BCUT2D eigenvalue weighted by Crippen LogP contribution is 2.35. The largest absolute Gasteiger partial charge is 0.497 e. The molecule has 3 heterocycles. The maximum Gasteiger partial charge on any atom is 0.291 e. The Morgan fingerprint density at radius 2 is 1.94 bits per heavy atom. The summed E-state index contributed by atoms with van der Waals surface area (Å²) in [6, 6.07) is 18.8. The Hall–Kier alpha value is -3.13. The summed E-state index contributed by atoms with van der Waals surface area (Å²) in [7, 11) is 1.60. The number of piperidine rings is 1. The molecule has 2 aromatic carbocycles. The zero-order valence-electron chi connectivity index (χ0n) is 18.4. The van der Waals surface area contributed by atoms with E-state index in [0.717, 1.165) is 36.3 Å². The first kappa shape index (κ1) is 21.7. The Morgan fingerprint density at radius 3 is 2.64 bits per heavy atom. The summed E-state index contributed by atoms with van der Waals surface area (Å²) in [5, 5.41) is 17.1. The number of nitrogens with one attached hydrogen (secondary N) is 1. The number of nitrogens with zero attached hydrogens (tertiary/aromatic N) is 1. The van der Waals surface area contributed by atoms with Gasteiger partial charge in [0.2, 0.25) is 0 Å². The number of methoxy groups -OCH3 is 1. The van der Waals surface area contributed by atoms with Crippen molar-refractivity contribution in [2.45, 2.75) is 25.0 Å². The van der Waals surface area contributed by atoms with Crippen LogP contribution in [-0.2, 0) is 12.1 Å². The number of benzene rings is 2. The normalized spacial score (nSPS) is 16.1. The molecular weight excluding hydrogens is 436 g/mol. The molecule has 7 heteroatoms. The number of likely N-dealkylation sites (tertiary alicyclic amines) is 1. The highest BCUT2D eigenvalue weighted by molar-refractivity contribution is 7.09. The number of anilines is 1. The molecule has 0 unspecified atom stereocenters. The van der Waals surface area contributed by atoms with E-state index in [4.69, 9.17) is 9.15 Å². The summed E-state index contributed by atoms with van der Waals surface area (Å²) in [5.41, 5.74) is 1.28. The summed E-state index contributed by atoms with van der Waals surface area (Å²) in [4.78, 5) is 16.4. The number of hydrogen-bond acceptors (Lipinski definition) is 6. The molecule has 0 atom stereocenters. The van der Waals surface area contributed by atoms with E-state index in [1.54, 1.807) is 48.8 Å². The second-order valence-corrected chi connectivity index (χ2v) is 9.47. The summed E-state index contributed by atoms with van der Waals surface area (Å²) in [6.45, 7) is 2.61. The van der Waals surface area contributed by atoms with Crippen LogP contribution in [0.4, 0.5) is 5.69 Å². The second-order valence-electron chi connectivity index (χ2n) is 8.43. The van der Waals surface area contributed by atoms with Gasteiger partial charge >= 0.3 is 0 Å². The molecule has 0 aliphatic carbocycles. The monoisotopic (exact) mass is 462 g/mol. The van der Waals surface area contributed by atoms with Gasteiger partial charge in [-0.1, -0.05) is 12.1 Å². The molecule has 1 aliphatic rings. The maximum atomic E-state index is 12.7. The van der Waals surface area contributed by atoms with Crippen LogP contribution in [0, 0.1) is 0 Å². The minimum atomic E-state index is -0.872. The van der Waals surface area contributed by atoms with Crippen LogP contribution in [0.2, 0.25) is 0 Å². The van der Waals surface area contributed by atoms with Crippen molar-refractivity contribution >= 4 is 33.9 Å². The molecule has 170 valence electrons. The van der Waals surface area contributed by atoms with Crippen LogP contribution < -0.4 is 10.1 Å². The molecular formula is C26H26N2O4S. The number of carbonyl (C=O) groups excluding carboxylic acids is 1. The summed E-state index contributed by atoms with van der Waals surface area (Å²) < 4.78 is 10.9. The van der Waals surface area contributed by atoms with Gasteiger partial charge in [0.05, 0.1) is 12.7 Å². The fourth-order valence-corrected chi connectivity index (χ4v) is 5.05. The molecule has 0 radical (unpaired) electrons. The molecule has 4 aromatic rings. The predicted molar refractivity (Wildman–Crippen MR) is 130 cm³/mol. The molecule has 5 rings (SSSR count). The summed E-state index contributed by atoms with van der Waals surface area (Å²) >= 11 is 1.77. The molecule has 1 aliphatic heterocycles. The van der Waals surface area contributed by atoms with Gasteiger partial charge in [-0.2, -0.15) is 0 Å². The first-order valence-corrected chi connectivity index (χ1v) is 11.9. The average molecular weight is 463 g/mol. The van der Waals surface area contributed by atoms with Crippen molar-refractivity contribution in [3.63, 3.8) is 0 Å². The van der Waals surface area contributed by atoms with Gasteiger partial charge in [-0.3, -0.25) is 9.69 Å². The number of thiophene rings is 1. The summed E-state index contributed by atoms with van der Waals surface area (Å²) in [5.74, 6) is 0.633. The predicted octanol–water partition coefficient (Wildman–Crippen LogP) is 5.24. The SMILES string of the molecule is COc1ccc(NC(=O)c2cc3cc(C4(O)CCN(Cc5cccs5)CC4)ccc3o2)cc1. The number of amides is 1. The average Bonchev–Trinajstić information content (AvgIpc) is 3.50. The molecule has 6 nitrogen and oxygen atoms in total. The Morgan fingerprint density at radius 1 is 1.15 bits per heavy atom. The number of rotatable bonds is 6. The van der Waals surface area contributed by atoms with E-state index in [1.807, 2.05) is 18.2 Å². The van der Waals surface area contributed by atoms with Crippen molar-refractivity contribution in [2.75, 3.05) is 25.5 Å². The van der Waals surface area contributed by atoms with E-state index in [9.17, 15) is 9.90 Å². The number of aliphatic hydroxyl groups is 1. The van der Waals surface area contributed by atoms with Gasteiger partial charge in [0.25, 0.3) is 5.91 Å². The quantitative estimate of drug-likeness (QED) is 0.410. The lowest BCUT2D eigenvalue weighted by atomic mass is 9.84. The third-order valence-corrected chi connectivity index (χ3v) is 7.13. The second kappa shape index (κ2) is 9.02. The van der Waals surface area contributed by atoms with Crippen molar-refractivity contribution in [2.24, 2.45) is 0 Å². The number of ether oxygens (including phenoxy) is 1. The van der Waals surface area contributed by atoms with E-state index in [1.165, 1.54) is 4.88 Å². The van der Waals surface area contributed by atoms with E-state index < -0.39 is 5.60 Å². The van der Waals surface area contributed by atoms with Crippen molar-refractivity contribution in [1.29, 1.82) is 0 Å². The number of carbonyl (C=O) groups is 1.